The van der Waals surface area contributed by atoms with Crippen LogP contribution in [-0.2, 0) is 21.4 Å². The molecule has 0 atom stereocenters. The predicted octanol–water partition coefficient (Wildman–Crippen LogP) is 3.23. The summed E-state index contributed by atoms with van der Waals surface area (Å²) in [6.07, 6.45) is 2.64. The molecule has 1 aromatic heterocycles. The number of carbonyl (C=O) groups is 1. The molecular formula is C23H26N4O3S. The number of nitrogens with one attached hydrogen (secondary N) is 1. The summed E-state index contributed by atoms with van der Waals surface area (Å²) in [7, 11) is -1.74. The van der Waals surface area contributed by atoms with Gasteiger partial charge in [0.15, 0.2) is 0 Å². The Morgan fingerprint density at radius 3 is 2.52 bits per heavy atom. The van der Waals surface area contributed by atoms with E-state index < -0.39 is 10.0 Å². The zero-order valence-electron chi connectivity index (χ0n) is 17.4. The van der Waals surface area contributed by atoms with Crippen LogP contribution in [0, 0.1) is 5.92 Å². The average Bonchev–Trinajstić information content (AvgIpc) is 3.20. The summed E-state index contributed by atoms with van der Waals surface area (Å²) >= 11 is 0. The minimum Gasteiger partial charge on any atom is -0.340 e. The minimum atomic E-state index is -3.50. The number of sulfonamides is 1. The molecule has 3 aromatic rings. The number of amides is 1. The first-order valence-electron chi connectivity index (χ1n) is 10.3. The maximum absolute atomic E-state index is 12.9. The first-order valence-corrected chi connectivity index (χ1v) is 11.8. The molecule has 1 aliphatic rings. The lowest BCUT2D eigenvalue weighted by molar-refractivity contribution is -0.136. The molecule has 2 aromatic carbocycles. The van der Waals surface area contributed by atoms with E-state index in [2.05, 4.69) is 9.97 Å². The SMILES string of the molecule is CN(Cc1nc2ccccc2[nH]1)C(=O)C1CCN(S(=O)(=O)/C=C/c2ccccc2)CC1. The largest absolute Gasteiger partial charge is 0.340 e. The summed E-state index contributed by atoms with van der Waals surface area (Å²) in [5.74, 6) is 0.583. The number of hydrogen-bond acceptors (Lipinski definition) is 4. The van der Waals surface area contributed by atoms with Crippen molar-refractivity contribution < 1.29 is 13.2 Å². The van der Waals surface area contributed by atoms with E-state index in [0.717, 1.165) is 22.4 Å². The van der Waals surface area contributed by atoms with Crippen molar-refractivity contribution >= 4 is 33.0 Å². The van der Waals surface area contributed by atoms with Crippen LogP contribution in [0.25, 0.3) is 17.1 Å². The maximum atomic E-state index is 12.9. The van der Waals surface area contributed by atoms with Crippen LogP contribution in [0.2, 0.25) is 0 Å². The van der Waals surface area contributed by atoms with Crippen LogP contribution in [-0.4, -0.2) is 53.6 Å². The van der Waals surface area contributed by atoms with Gasteiger partial charge in [0.05, 0.1) is 17.6 Å². The van der Waals surface area contributed by atoms with Crippen LogP contribution in [0.1, 0.15) is 24.2 Å². The lowest BCUT2D eigenvalue weighted by Gasteiger charge is -2.31. The predicted molar refractivity (Wildman–Crippen MR) is 121 cm³/mol. The molecule has 1 N–H and O–H groups in total. The van der Waals surface area contributed by atoms with Gasteiger partial charge in [-0.25, -0.2) is 13.4 Å². The Hall–Kier alpha value is -2.97. The van der Waals surface area contributed by atoms with Crippen molar-refractivity contribution in [1.29, 1.82) is 0 Å². The van der Waals surface area contributed by atoms with E-state index in [0.29, 0.717) is 32.5 Å². The summed E-state index contributed by atoms with van der Waals surface area (Å²) in [5.41, 5.74) is 2.66. The van der Waals surface area contributed by atoms with Crippen molar-refractivity contribution in [1.82, 2.24) is 19.2 Å². The number of aromatic amines is 1. The van der Waals surface area contributed by atoms with E-state index in [4.69, 9.17) is 0 Å². The summed E-state index contributed by atoms with van der Waals surface area (Å²) in [6.45, 7) is 1.08. The molecule has 4 rings (SSSR count). The number of H-pyrrole nitrogens is 1. The highest BCUT2D eigenvalue weighted by Gasteiger charge is 2.31. The number of benzene rings is 2. The Morgan fingerprint density at radius 1 is 1.13 bits per heavy atom. The topological polar surface area (TPSA) is 86.4 Å². The van der Waals surface area contributed by atoms with Gasteiger partial charge in [-0.2, -0.15) is 4.31 Å². The fourth-order valence-corrected chi connectivity index (χ4v) is 5.09. The molecule has 0 spiro atoms. The van der Waals surface area contributed by atoms with Gasteiger partial charge in [0, 0.05) is 31.5 Å². The van der Waals surface area contributed by atoms with Crippen molar-refractivity contribution in [2.24, 2.45) is 5.92 Å². The first kappa shape index (κ1) is 21.3. The molecule has 7 nitrogen and oxygen atoms in total. The molecule has 0 saturated carbocycles. The standard InChI is InChI=1S/C23H26N4O3S/c1-26(17-22-24-20-9-5-6-10-21(20)25-22)23(28)19-11-14-27(15-12-19)31(29,30)16-13-18-7-3-2-4-8-18/h2-10,13,16,19H,11-12,14-15,17H2,1H3,(H,24,25)/b16-13+. The van der Waals surface area contributed by atoms with E-state index in [1.807, 2.05) is 54.6 Å². The van der Waals surface area contributed by atoms with Crippen molar-refractivity contribution in [3.8, 4) is 0 Å². The third kappa shape index (κ3) is 5.03. The average molecular weight is 439 g/mol. The van der Waals surface area contributed by atoms with E-state index in [1.165, 1.54) is 9.71 Å². The molecule has 1 aliphatic heterocycles. The van der Waals surface area contributed by atoms with Crippen LogP contribution in [0.4, 0.5) is 0 Å². The monoisotopic (exact) mass is 438 g/mol. The van der Waals surface area contributed by atoms with Gasteiger partial charge < -0.3 is 9.88 Å². The summed E-state index contributed by atoms with van der Waals surface area (Å²) < 4.78 is 26.7. The molecular weight excluding hydrogens is 412 g/mol. The van der Waals surface area contributed by atoms with Crippen molar-refractivity contribution in [3.05, 3.63) is 71.4 Å². The highest BCUT2D eigenvalue weighted by Crippen LogP contribution is 2.23. The third-order valence-corrected chi connectivity index (χ3v) is 7.16. The Labute approximate surface area is 182 Å². The quantitative estimate of drug-likeness (QED) is 0.640. The van der Waals surface area contributed by atoms with Gasteiger partial charge in [0.2, 0.25) is 15.9 Å². The Bertz CT molecular complexity index is 1150. The normalized spacial score (nSPS) is 16.2. The van der Waals surface area contributed by atoms with Gasteiger partial charge >= 0.3 is 0 Å². The Balaban J connectivity index is 1.33. The fourth-order valence-electron chi connectivity index (χ4n) is 3.87. The van der Waals surface area contributed by atoms with E-state index in [-0.39, 0.29) is 11.8 Å². The van der Waals surface area contributed by atoms with Crippen LogP contribution in [0.15, 0.2) is 60.0 Å². The highest BCUT2D eigenvalue weighted by molar-refractivity contribution is 7.92. The molecule has 1 saturated heterocycles. The minimum absolute atomic E-state index is 0.0253. The summed E-state index contributed by atoms with van der Waals surface area (Å²) in [5, 5.41) is 1.25. The van der Waals surface area contributed by atoms with Gasteiger partial charge in [-0.3, -0.25) is 4.79 Å². The number of para-hydroxylation sites is 2. The van der Waals surface area contributed by atoms with Crippen molar-refractivity contribution in [2.45, 2.75) is 19.4 Å². The van der Waals surface area contributed by atoms with Crippen LogP contribution < -0.4 is 0 Å². The summed E-state index contributed by atoms with van der Waals surface area (Å²) in [4.78, 5) is 22.3. The lowest BCUT2D eigenvalue weighted by atomic mass is 9.97. The van der Waals surface area contributed by atoms with E-state index in [1.54, 1.807) is 18.0 Å². The number of rotatable bonds is 6. The van der Waals surface area contributed by atoms with Gasteiger partial charge in [-0.15, -0.1) is 0 Å². The summed E-state index contributed by atoms with van der Waals surface area (Å²) in [6, 6.07) is 17.1. The maximum Gasteiger partial charge on any atom is 0.236 e. The highest BCUT2D eigenvalue weighted by atomic mass is 32.2. The zero-order valence-corrected chi connectivity index (χ0v) is 18.3. The lowest BCUT2D eigenvalue weighted by Crippen LogP contribution is -2.42. The zero-order chi connectivity index (χ0) is 21.8. The molecule has 2 heterocycles. The van der Waals surface area contributed by atoms with E-state index >= 15 is 0 Å². The fraction of sp³-hybridized carbons (Fsp3) is 0.304. The molecule has 1 amide bonds. The second-order valence-electron chi connectivity index (χ2n) is 7.83. The van der Waals surface area contributed by atoms with Crippen LogP contribution in [0.3, 0.4) is 0 Å². The third-order valence-electron chi connectivity index (χ3n) is 5.60. The Morgan fingerprint density at radius 2 is 1.81 bits per heavy atom. The van der Waals surface area contributed by atoms with Gasteiger partial charge in [0.25, 0.3) is 0 Å². The number of piperidine rings is 1. The second kappa shape index (κ2) is 9.03. The molecule has 8 heteroatoms. The molecule has 0 aliphatic carbocycles. The molecule has 162 valence electrons. The first-order chi connectivity index (χ1) is 14.9. The number of hydrogen-bond donors (Lipinski definition) is 1. The number of fused-ring (bicyclic) bond motifs is 1. The number of aromatic nitrogens is 2. The molecule has 0 bridgehead atoms. The van der Waals surface area contributed by atoms with Crippen molar-refractivity contribution in [3.63, 3.8) is 0 Å². The molecule has 31 heavy (non-hydrogen) atoms. The van der Waals surface area contributed by atoms with Crippen LogP contribution >= 0.6 is 0 Å². The van der Waals surface area contributed by atoms with E-state index in [9.17, 15) is 13.2 Å². The Kier molecular flexibility index (Phi) is 6.20. The molecule has 0 unspecified atom stereocenters. The van der Waals surface area contributed by atoms with Gasteiger partial charge in [-0.1, -0.05) is 42.5 Å². The number of nitrogens with zero attached hydrogens (tertiary/aromatic N) is 3. The van der Waals surface area contributed by atoms with Gasteiger partial charge in [-0.05, 0) is 36.6 Å². The van der Waals surface area contributed by atoms with Gasteiger partial charge in [0.1, 0.15) is 5.82 Å². The number of carbonyl (C=O) groups excluding carboxylic acids is 1. The second-order valence-corrected chi connectivity index (χ2v) is 9.65. The van der Waals surface area contributed by atoms with Crippen molar-refractivity contribution in [2.75, 3.05) is 20.1 Å². The molecule has 1 fully saturated rings. The number of imidazole rings is 1. The smallest absolute Gasteiger partial charge is 0.236 e. The van der Waals surface area contributed by atoms with Crippen LogP contribution in [0.5, 0.6) is 0 Å². The molecule has 0 radical (unpaired) electrons.